The van der Waals surface area contributed by atoms with Crippen LogP contribution in [-0.4, -0.2) is 46.4 Å². The van der Waals surface area contributed by atoms with Gasteiger partial charge in [0, 0.05) is 25.3 Å². The molecule has 0 aromatic heterocycles. The normalized spacial score (nSPS) is 12.6. The Morgan fingerprint density at radius 1 is 1.19 bits per heavy atom. The first-order valence-corrected chi connectivity index (χ1v) is 9.98. The summed E-state index contributed by atoms with van der Waals surface area (Å²) in [5.74, 6) is 0.0158. The molecule has 1 amide bonds. The van der Waals surface area contributed by atoms with Crippen molar-refractivity contribution >= 4 is 21.6 Å². The number of rotatable bonds is 8. The van der Waals surface area contributed by atoms with E-state index in [4.69, 9.17) is 4.74 Å². The number of hydrogen-bond donors (Lipinski definition) is 2. The molecule has 0 spiro atoms. The summed E-state index contributed by atoms with van der Waals surface area (Å²) in [7, 11) is 0.603. The van der Waals surface area contributed by atoms with Gasteiger partial charge in [-0.1, -0.05) is 30.3 Å². The van der Waals surface area contributed by atoms with E-state index < -0.39 is 10.0 Å². The van der Waals surface area contributed by atoms with E-state index in [0.717, 1.165) is 9.87 Å². The molecule has 0 unspecified atom stereocenters. The van der Waals surface area contributed by atoms with E-state index >= 15 is 0 Å². The minimum Gasteiger partial charge on any atom is -0.495 e. The van der Waals surface area contributed by atoms with Crippen LogP contribution in [0, 0.1) is 0 Å². The maximum absolute atomic E-state index is 12.4. The first kappa shape index (κ1) is 20.9. The molecule has 0 aliphatic heterocycles. The zero-order chi connectivity index (χ0) is 20.0. The highest BCUT2D eigenvalue weighted by Crippen LogP contribution is 2.28. The molecule has 146 valence electrons. The molecule has 0 fully saturated rings. The Morgan fingerprint density at radius 3 is 2.44 bits per heavy atom. The largest absolute Gasteiger partial charge is 0.495 e. The lowest BCUT2D eigenvalue weighted by Crippen LogP contribution is -2.86. The standard InChI is InChI=1S/C19H25N3O4S/c1-14(15-8-6-5-7-9-15)20-13-19(23)21-16-10-11-17(26-4)18(12-16)27(24,25)22(2)3/h5-12,14,20H,13H2,1-4H3,(H,21,23)/p+1/t14-/m1/s1. The van der Waals surface area contributed by atoms with Crippen LogP contribution in [0.25, 0.3) is 0 Å². The maximum atomic E-state index is 12.4. The van der Waals surface area contributed by atoms with E-state index in [1.807, 2.05) is 42.6 Å². The van der Waals surface area contributed by atoms with Gasteiger partial charge in [0.1, 0.15) is 16.7 Å². The van der Waals surface area contributed by atoms with Crippen molar-refractivity contribution in [3.63, 3.8) is 0 Å². The Balaban J connectivity index is 2.07. The second-order valence-electron chi connectivity index (χ2n) is 6.34. The molecule has 0 saturated carbocycles. The number of methoxy groups -OCH3 is 1. The number of sulfonamides is 1. The summed E-state index contributed by atoms with van der Waals surface area (Å²) in [6.07, 6.45) is 0. The highest BCUT2D eigenvalue weighted by atomic mass is 32.2. The Kier molecular flexibility index (Phi) is 6.95. The summed E-state index contributed by atoms with van der Waals surface area (Å²) in [6.45, 7) is 2.25. The summed E-state index contributed by atoms with van der Waals surface area (Å²) in [5.41, 5.74) is 1.54. The molecule has 0 aliphatic carbocycles. The van der Waals surface area contributed by atoms with Gasteiger partial charge >= 0.3 is 0 Å². The van der Waals surface area contributed by atoms with E-state index in [2.05, 4.69) is 5.32 Å². The monoisotopic (exact) mass is 392 g/mol. The van der Waals surface area contributed by atoms with Crippen molar-refractivity contribution in [1.82, 2.24) is 4.31 Å². The van der Waals surface area contributed by atoms with E-state index in [-0.39, 0.29) is 29.1 Å². The van der Waals surface area contributed by atoms with Crippen molar-refractivity contribution < 1.29 is 23.3 Å². The molecule has 2 aromatic rings. The Morgan fingerprint density at radius 2 is 1.85 bits per heavy atom. The molecular weight excluding hydrogens is 366 g/mol. The molecule has 0 aliphatic rings. The molecular formula is C19H26N3O4S+. The number of carbonyl (C=O) groups excluding carboxylic acids is 1. The predicted octanol–water partition coefficient (Wildman–Crippen LogP) is 1.21. The van der Waals surface area contributed by atoms with Crippen molar-refractivity contribution in [2.45, 2.75) is 17.9 Å². The molecule has 0 bridgehead atoms. The van der Waals surface area contributed by atoms with Crippen LogP contribution in [0.5, 0.6) is 5.75 Å². The number of benzene rings is 2. The number of carbonyl (C=O) groups is 1. The SMILES string of the molecule is COc1ccc(NC(=O)C[NH2+][C@H](C)c2ccccc2)cc1S(=O)(=O)N(C)C. The molecule has 0 radical (unpaired) electrons. The summed E-state index contributed by atoms with van der Waals surface area (Å²) in [4.78, 5) is 12.3. The van der Waals surface area contributed by atoms with Crippen LogP contribution in [-0.2, 0) is 14.8 Å². The molecule has 2 rings (SSSR count). The molecule has 2 aromatic carbocycles. The van der Waals surface area contributed by atoms with Crippen LogP contribution < -0.4 is 15.4 Å². The minimum absolute atomic E-state index is 0.00873. The number of hydrogen-bond acceptors (Lipinski definition) is 4. The quantitative estimate of drug-likeness (QED) is 0.706. The van der Waals surface area contributed by atoms with Crippen molar-refractivity contribution in [1.29, 1.82) is 0 Å². The highest BCUT2D eigenvalue weighted by Gasteiger charge is 2.23. The van der Waals surface area contributed by atoms with Gasteiger partial charge in [-0.25, -0.2) is 12.7 Å². The highest BCUT2D eigenvalue weighted by molar-refractivity contribution is 7.89. The summed E-state index contributed by atoms with van der Waals surface area (Å²) < 4.78 is 31.1. The molecule has 0 saturated heterocycles. The lowest BCUT2D eigenvalue weighted by Gasteiger charge is -2.16. The fourth-order valence-electron chi connectivity index (χ4n) is 2.54. The molecule has 0 heterocycles. The molecule has 8 heteroatoms. The van der Waals surface area contributed by atoms with Gasteiger partial charge in [0.25, 0.3) is 5.91 Å². The first-order chi connectivity index (χ1) is 12.8. The van der Waals surface area contributed by atoms with E-state index in [0.29, 0.717) is 5.69 Å². The second-order valence-corrected chi connectivity index (χ2v) is 8.46. The van der Waals surface area contributed by atoms with Gasteiger partial charge in [-0.2, -0.15) is 0 Å². The van der Waals surface area contributed by atoms with Crippen LogP contribution in [0.1, 0.15) is 18.5 Å². The van der Waals surface area contributed by atoms with Crippen LogP contribution in [0.3, 0.4) is 0 Å². The van der Waals surface area contributed by atoms with Gasteiger partial charge in [-0.05, 0) is 25.1 Å². The lowest BCUT2D eigenvalue weighted by atomic mass is 10.1. The lowest BCUT2D eigenvalue weighted by molar-refractivity contribution is -0.682. The average molecular weight is 393 g/mol. The van der Waals surface area contributed by atoms with Gasteiger partial charge < -0.3 is 15.4 Å². The molecule has 7 nitrogen and oxygen atoms in total. The van der Waals surface area contributed by atoms with Crippen LogP contribution in [0.15, 0.2) is 53.4 Å². The number of nitrogens with one attached hydrogen (secondary N) is 1. The minimum atomic E-state index is -3.69. The Labute approximate surface area is 160 Å². The number of nitrogens with two attached hydrogens (primary N) is 1. The van der Waals surface area contributed by atoms with Gasteiger partial charge in [0.2, 0.25) is 10.0 Å². The first-order valence-electron chi connectivity index (χ1n) is 8.54. The van der Waals surface area contributed by atoms with Gasteiger partial charge in [-0.3, -0.25) is 4.79 Å². The number of amides is 1. The van der Waals surface area contributed by atoms with Gasteiger partial charge in [0.15, 0.2) is 6.54 Å². The van der Waals surface area contributed by atoms with Crippen molar-refractivity contribution in [3.05, 3.63) is 54.1 Å². The van der Waals surface area contributed by atoms with E-state index in [1.54, 1.807) is 6.07 Å². The third-order valence-corrected chi connectivity index (χ3v) is 6.02. The Bertz CT molecular complexity index is 883. The fraction of sp³-hybridized carbons (Fsp3) is 0.316. The van der Waals surface area contributed by atoms with E-state index in [1.165, 1.54) is 33.3 Å². The molecule has 27 heavy (non-hydrogen) atoms. The molecule has 3 N–H and O–H groups in total. The zero-order valence-corrected chi connectivity index (χ0v) is 16.8. The van der Waals surface area contributed by atoms with Crippen molar-refractivity contribution in [3.8, 4) is 5.75 Å². The summed E-state index contributed by atoms with van der Waals surface area (Å²) >= 11 is 0. The topological polar surface area (TPSA) is 92.3 Å². The Hall–Kier alpha value is -2.42. The van der Waals surface area contributed by atoms with Crippen molar-refractivity contribution in [2.75, 3.05) is 33.1 Å². The maximum Gasteiger partial charge on any atom is 0.279 e. The fourth-order valence-corrected chi connectivity index (χ4v) is 3.62. The van der Waals surface area contributed by atoms with Crippen molar-refractivity contribution in [2.24, 2.45) is 0 Å². The number of ether oxygens (including phenoxy) is 1. The number of nitrogens with zero attached hydrogens (tertiary/aromatic N) is 1. The average Bonchev–Trinajstić information content (AvgIpc) is 2.66. The summed E-state index contributed by atoms with van der Waals surface area (Å²) in [5, 5.41) is 4.67. The predicted molar refractivity (Wildman–Crippen MR) is 104 cm³/mol. The third kappa shape index (κ3) is 5.29. The third-order valence-electron chi connectivity index (χ3n) is 4.19. The number of anilines is 1. The van der Waals surface area contributed by atoms with Crippen LogP contribution in [0.4, 0.5) is 5.69 Å². The summed E-state index contributed by atoms with van der Waals surface area (Å²) in [6, 6.07) is 14.6. The zero-order valence-electron chi connectivity index (χ0n) is 16.0. The van der Waals surface area contributed by atoms with Gasteiger partial charge in [-0.15, -0.1) is 0 Å². The van der Waals surface area contributed by atoms with Crippen LogP contribution in [0.2, 0.25) is 0 Å². The van der Waals surface area contributed by atoms with E-state index in [9.17, 15) is 13.2 Å². The smallest absolute Gasteiger partial charge is 0.279 e. The van der Waals surface area contributed by atoms with Gasteiger partial charge in [0.05, 0.1) is 7.11 Å². The van der Waals surface area contributed by atoms with Crippen LogP contribution >= 0.6 is 0 Å². The molecule has 1 atom stereocenters. The second kappa shape index (κ2) is 8.98. The number of quaternary nitrogens is 1.